The normalized spacial score (nSPS) is 10.7. The van der Waals surface area contributed by atoms with Crippen molar-refractivity contribution in [3.8, 4) is 11.5 Å². The summed E-state index contributed by atoms with van der Waals surface area (Å²) in [5, 5.41) is 7.94. The van der Waals surface area contributed by atoms with Crippen LogP contribution in [0.5, 0.6) is 11.5 Å². The van der Waals surface area contributed by atoms with Gasteiger partial charge in [-0.25, -0.2) is 18.2 Å². The molecule has 31 heavy (non-hydrogen) atoms. The maximum atomic E-state index is 13.7. The van der Waals surface area contributed by atoms with Gasteiger partial charge in [0.25, 0.3) is 0 Å². The molecule has 0 unspecified atom stereocenters. The largest absolute Gasteiger partial charge is 0.493 e. The Balaban J connectivity index is 0.00000480. The molecular weight excluding hydrogens is 528 g/mol. The molecule has 0 aliphatic heterocycles. The van der Waals surface area contributed by atoms with Crippen molar-refractivity contribution < 1.29 is 27.4 Å². The van der Waals surface area contributed by atoms with Gasteiger partial charge in [-0.1, -0.05) is 6.07 Å². The van der Waals surface area contributed by atoms with Gasteiger partial charge in [0.2, 0.25) is 5.91 Å². The molecule has 0 aromatic heterocycles. The maximum Gasteiger partial charge on any atom is 0.243 e. The number of benzene rings is 2. The summed E-state index contributed by atoms with van der Waals surface area (Å²) in [4.78, 5) is 16.4. The van der Waals surface area contributed by atoms with E-state index in [1.807, 2.05) is 13.0 Å². The highest BCUT2D eigenvalue weighted by atomic mass is 127. The van der Waals surface area contributed by atoms with E-state index in [9.17, 15) is 18.0 Å². The van der Waals surface area contributed by atoms with Crippen LogP contribution in [0, 0.1) is 17.5 Å². The third-order valence-electron chi connectivity index (χ3n) is 3.94. The number of hydrogen-bond donors (Lipinski definition) is 3. The number of ether oxygens (including phenoxy) is 2. The molecule has 7 nitrogen and oxygen atoms in total. The summed E-state index contributed by atoms with van der Waals surface area (Å²) in [5.41, 5.74) is 0.395. The molecule has 0 atom stereocenters. The van der Waals surface area contributed by atoms with E-state index in [1.165, 1.54) is 7.11 Å². The van der Waals surface area contributed by atoms with Crippen LogP contribution in [0.4, 0.5) is 18.9 Å². The predicted octanol–water partition coefficient (Wildman–Crippen LogP) is 3.43. The van der Waals surface area contributed by atoms with Gasteiger partial charge < -0.3 is 25.4 Å². The Morgan fingerprint density at radius 1 is 1.00 bits per heavy atom. The number of hydrogen-bond acceptors (Lipinski definition) is 4. The number of methoxy groups -OCH3 is 2. The highest BCUT2D eigenvalue weighted by Crippen LogP contribution is 2.27. The number of guanidine groups is 1. The van der Waals surface area contributed by atoms with E-state index in [-0.39, 0.29) is 37.1 Å². The number of aliphatic imine (C=N–C) groups is 1. The zero-order chi connectivity index (χ0) is 22.1. The van der Waals surface area contributed by atoms with Crippen molar-refractivity contribution in [1.29, 1.82) is 0 Å². The molecule has 0 radical (unpaired) electrons. The first-order valence-corrected chi connectivity index (χ1v) is 9.06. The summed E-state index contributed by atoms with van der Waals surface area (Å²) in [6.45, 7) is 2.41. The molecule has 170 valence electrons. The molecule has 2 aromatic rings. The molecule has 0 fully saturated rings. The van der Waals surface area contributed by atoms with Gasteiger partial charge in [0.05, 0.1) is 33.0 Å². The second kappa shape index (κ2) is 12.9. The van der Waals surface area contributed by atoms with E-state index >= 15 is 0 Å². The molecule has 2 aromatic carbocycles. The highest BCUT2D eigenvalue weighted by Gasteiger charge is 2.15. The van der Waals surface area contributed by atoms with Crippen molar-refractivity contribution in [3.05, 3.63) is 53.3 Å². The van der Waals surface area contributed by atoms with Gasteiger partial charge in [0.15, 0.2) is 34.9 Å². The quantitative estimate of drug-likeness (QED) is 0.202. The summed E-state index contributed by atoms with van der Waals surface area (Å²) in [6.07, 6.45) is 0. The second-order valence-electron chi connectivity index (χ2n) is 6.01. The standard InChI is InChI=1S/C20H23F3N4O3.HI/c1-4-24-20(25-10-12-5-8-15(29-2)16(9-12)30-3)26-11-17(28)27-14-7-6-13(21)18(22)19(14)23;/h5-9H,4,10-11H2,1-3H3,(H,27,28)(H2,24,25,26);1H. The van der Waals surface area contributed by atoms with Crippen LogP contribution in [-0.2, 0) is 11.3 Å². The SMILES string of the molecule is CCNC(=NCc1ccc(OC)c(OC)c1)NCC(=O)Nc1ccc(F)c(F)c1F.I. The average molecular weight is 552 g/mol. The first-order chi connectivity index (χ1) is 14.4. The lowest BCUT2D eigenvalue weighted by atomic mass is 10.2. The lowest BCUT2D eigenvalue weighted by Gasteiger charge is -2.13. The minimum atomic E-state index is -1.65. The summed E-state index contributed by atoms with van der Waals surface area (Å²) in [7, 11) is 3.07. The summed E-state index contributed by atoms with van der Waals surface area (Å²) >= 11 is 0. The van der Waals surface area contributed by atoms with Crippen LogP contribution >= 0.6 is 24.0 Å². The van der Waals surface area contributed by atoms with Gasteiger partial charge in [-0.05, 0) is 36.8 Å². The third kappa shape index (κ3) is 7.49. The van der Waals surface area contributed by atoms with Gasteiger partial charge in [0, 0.05) is 6.54 Å². The Morgan fingerprint density at radius 2 is 1.71 bits per heavy atom. The maximum absolute atomic E-state index is 13.7. The summed E-state index contributed by atoms with van der Waals surface area (Å²) in [6, 6.07) is 7.05. The van der Waals surface area contributed by atoms with Crippen LogP contribution in [0.1, 0.15) is 12.5 Å². The number of anilines is 1. The minimum absolute atomic E-state index is 0. The monoisotopic (exact) mass is 552 g/mol. The second-order valence-corrected chi connectivity index (χ2v) is 6.01. The van der Waals surface area contributed by atoms with Crippen LogP contribution in [0.2, 0.25) is 0 Å². The number of carbonyl (C=O) groups excluding carboxylic acids is 1. The molecule has 2 rings (SSSR count). The van der Waals surface area contributed by atoms with Gasteiger partial charge in [-0.15, -0.1) is 24.0 Å². The molecule has 1 amide bonds. The molecular formula is C20H24F3IN4O3. The molecule has 0 saturated carbocycles. The zero-order valence-electron chi connectivity index (χ0n) is 17.2. The van der Waals surface area contributed by atoms with E-state index in [2.05, 4.69) is 20.9 Å². The highest BCUT2D eigenvalue weighted by molar-refractivity contribution is 14.0. The van der Waals surface area contributed by atoms with Crippen molar-refractivity contribution in [2.45, 2.75) is 13.5 Å². The number of nitrogens with one attached hydrogen (secondary N) is 3. The molecule has 0 heterocycles. The van der Waals surface area contributed by atoms with E-state index < -0.39 is 29.0 Å². The average Bonchev–Trinajstić information content (AvgIpc) is 2.75. The van der Waals surface area contributed by atoms with Crippen molar-refractivity contribution in [3.63, 3.8) is 0 Å². The first-order valence-electron chi connectivity index (χ1n) is 9.06. The lowest BCUT2D eigenvalue weighted by molar-refractivity contribution is -0.115. The molecule has 0 spiro atoms. The van der Waals surface area contributed by atoms with Crippen molar-refractivity contribution in [2.75, 3.05) is 32.6 Å². The Labute approximate surface area is 195 Å². The Morgan fingerprint density at radius 3 is 2.35 bits per heavy atom. The van der Waals surface area contributed by atoms with E-state index in [1.54, 1.807) is 19.2 Å². The Bertz CT molecular complexity index is 929. The number of nitrogens with zero attached hydrogens (tertiary/aromatic N) is 1. The number of halogens is 4. The molecule has 0 bridgehead atoms. The van der Waals surface area contributed by atoms with Gasteiger partial charge >= 0.3 is 0 Å². The zero-order valence-corrected chi connectivity index (χ0v) is 19.6. The van der Waals surface area contributed by atoms with Crippen molar-refractivity contribution in [1.82, 2.24) is 10.6 Å². The van der Waals surface area contributed by atoms with E-state index in [4.69, 9.17) is 9.47 Å². The van der Waals surface area contributed by atoms with Gasteiger partial charge in [0.1, 0.15) is 0 Å². The number of rotatable bonds is 8. The lowest BCUT2D eigenvalue weighted by Crippen LogP contribution is -2.41. The smallest absolute Gasteiger partial charge is 0.243 e. The molecule has 0 aliphatic carbocycles. The molecule has 0 aliphatic rings. The fraction of sp³-hybridized carbons (Fsp3) is 0.300. The summed E-state index contributed by atoms with van der Waals surface area (Å²) in [5.74, 6) is -3.60. The number of carbonyl (C=O) groups is 1. The Kier molecular flexibility index (Phi) is 10.9. The number of amides is 1. The topological polar surface area (TPSA) is 84.0 Å². The van der Waals surface area contributed by atoms with Crippen LogP contribution < -0.4 is 25.4 Å². The molecule has 3 N–H and O–H groups in total. The van der Waals surface area contributed by atoms with Gasteiger partial charge in [-0.3, -0.25) is 4.79 Å². The fourth-order valence-corrected chi connectivity index (χ4v) is 2.47. The van der Waals surface area contributed by atoms with Gasteiger partial charge in [-0.2, -0.15) is 0 Å². The van der Waals surface area contributed by atoms with Crippen LogP contribution in [0.3, 0.4) is 0 Å². The fourth-order valence-electron chi connectivity index (χ4n) is 2.47. The van der Waals surface area contributed by atoms with Crippen LogP contribution in [0.25, 0.3) is 0 Å². The Hall–Kier alpha value is -2.70. The molecule has 0 saturated heterocycles. The van der Waals surface area contributed by atoms with Crippen LogP contribution in [-0.4, -0.2) is 39.2 Å². The first kappa shape index (κ1) is 26.3. The van der Waals surface area contributed by atoms with Crippen LogP contribution in [0.15, 0.2) is 35.3 Å². The summed E-state index contributed by atoms with van der Waals surface area (Å²) < 4.78 is 50.3. The predicted molar refractivity (Wildman–Crippen MR) is 123 cm³/mol. The third-order valence-corrected chi connectivity index (χ3v) is 3.94. The molecule has 11 heteroatoms. The van der Waals surface area contributed by atoms with Crippen molar-refractivity contribution >= 4 is 41.5 Å². The van der Waals surface area contributed by atoms with E-state index in [0.29, 0.717) is 24.0 Å². The minimum Gasteiger partial charge on any atom is -0.493 e. The van der Waals surface area contributed by atoms with Crippen molar-refractivity contribution in [2.24, 2.45) is 4.99 Å². The van der Waals surface area contributed by atoms with E-state index in [0.717, 1.165) is 17.7 Å².